The number of fused-ring (bicyclic) bond motifs is 2. The number of aromatic nitrogens is 1. The number of hydrogen-bond donors (Lipinski definition) is 3. The average molecular weight is 414 g/mol. The molecule has 0 fully saturated rings. The number of benzene rings is 2. The number of pyridine rings is 1. The number of carbonyl (C=O) groups is 3. The van der Waals surface area contributed by atoms with Crippen molar-refractivity contribution in [3.8, 4) is 5.69 Å². The Morgan fingerprint density at radius 1 is 0.968 bits per heavy atom. The van der Waals surface area contributed by atoms with Gasteiger partial charge in [0, 0.05) is 17.1 Å². The summed E-state index contributed by atoms with van der Waals surface area (Å²) in [7, 11) is 0. The van der Waals surface area contributed by atoms with Crippen molar-refractivity contribution in [3.63, 3.8) is 0 Å². The molecule has 9 nitrogen and oxygen atoms in total. The molecule has 2 aromatic carbocycles. The van der Waals surface area contributed by atoms with E-state index in [2.05, 4.69) is 10.6 Å². The minimum Gasteiger partial charge on any atom is -0.451 e. The molecular weight excluding hydrogens is 400 g/mol. The lowest BCUT2D eigenvalue weighted by Crippen LogP contribution is -2.24. The van der Waals surface area contributed by atoms with E-state index in [9.17, 15) is 19.2 Å². The van der Waals surface area contributed by atoms with E-state index in [4.69, 9.17) is 10.2 Å². The van der Waals surface area contributed by atoms with Gasteiger partial charge < -0.3 is 15.5 Å². The highest BCUT2D eigenvalue weighted by atomic mass is 16.3. The Kier molecular flexibility index (Phi) is 3.97. The van der Waals surface area contributed by atoms with Crippen molar-refractivity contribution in [2.45, 2.75) is 0 Å². The first-order chi connectivity index (χ1) is 14.9. The number of hydrogen-bond acceptors (Lipinski definition) is 6. The first-order valence-corrected chi connectivity index (χ1v) is 9.24. The Labute approximate surface area is 174 Å². The van der Waals surface area contributed by atoms with Crippen molar-refractivity contribution in [2.75, 3.05) is 11.1 Å². The summed E-state index contributed by atoms with van der Waals surface area (Å²) in [4.78, 5) is 49.1. The van der Waals surface area contributed by atoms with Gasteiger partial charge in [0.2, 0.25) is 0 Å². The van der Waals surface area contributed by atoms with E-state index in [1.54, 1.807) is 30.3 Å². The summed E-state index contributed by atoms with van der Waals surface area (Å²) in [6.45, 7) is 0. The van der Waals surface area contributed by atoms with E-state index in [-0.39, 0.29) is 22.7 Å². The van der Waals surface area contributed by atoms with Crippen LogP contribution in [0.15, 0.2) is 69.9 Å². The third-order valence-corrected chi connectivity index (χ3v) is 4.96. The number of para-hydroxylation sites is 1. The van der Waals surface area contributed by atoms with Crippen LogP contribution in [0.5, 0.6) is 0 Å². The minimum absolute atomic E-state index is 0.0543. The summed E-state index contributed by atoms with van der Waals surface area (Å²) in [5.74, 6) is -1.82. The number of amides is 3. The molecule has 0 aliphatic carbocycles. The van der Waals surface area contributed by atoms with Crippen LogP contribution < -0.4 is 21.9 Å². The van der Waals surface area contributed by atoms with Gasteiger partial charge in [-0.3, -0.25) is 29.1 Å². The lowest BCUT2D eigenvalue weighted by atomic mass is 10.1. The SMILES string of the molecule is Nc1c2c(cc(=O)n1-c1cccc(NC(=O)c3cc4ccccc4o3)c1)C(=O)NC2=O. The van der Waals surface area contributed by atoms with Crippen LogP contribution in [0.2, 0.25) is 0 Å². The Hall–Kier alpha value is -4.66. The van der Waals surface area contributed by atoms with Gasteiger partial charge in [-0.15, -0.1) is 0 Å². The maximum Gasteiger partial charge on any atom is 0.291 e. The van der Waals surface area contributed by atoms with E-state index < -0.39 is 23.3 Å². The van der Waals surface area contributed by atoms with E-state index in [1.165, 1.54) is 6.07 Å². The highest BCUT2D eigenvalue weighted by Crippen LogP contribution is 2.25. The van der Waals surface area contributed by atoms with Crippen molar-refractivity contribution in [3.05, 3.63) is 87.9 Å². The molecule has 2 aromatic heterocycles. The standard InChI is InChI=1S/C22H14N4O5/c23-19-18-14(20(28)25-22(18)30)10-17(27)26(19)13-6-3-5-12(9-13)24-21(29)16-8-11-4-1-2-7-15(11)31-16/h1-10H,23H2,(H,24,29)(H,25,28,30). The summed E-state index contributed by atoms with van der Waals surface area (Å²) in [6.07, 6.45) is 0. The van der Waals surface area contributed by atoms with E-state index in [0.717, 1.165) is 16.0 Å². The molecule has 31 heavy (non-hydrogen) atoms. The number of nitrogen functional groups attached to an aromatic ring is 1. The van der Waals surface area contributed by atoms with Crippen LogP contribution in [-0.2, 0) is 0 Å². The highest BCUT2D eigenvalue weighted by molar-refractivity contribution is 6.23. The maximum atomic E-state index is 12.6. The van der Waals surface area contributed by atoms with Gasteiger partial charge >= 0.3 is 0 Å². The van der Waals surface area contributed by atoms with Crippen LogP contribution in [0.4, 0.5) is 11.5 Å². The van der Waals surface area contributed by atoms with Gasteiger partial charge in [0.1, 0.15) is 11.4 Å². The summed E-state index contributed by atoms with van der Waals surface area (Å²) in [5.41, 5.74) is 6.65. The molecule has 5 rings (SSSR count). The molecule has 1 aliphatic rings. The lowest BCUT2D eigenvalue weighted by molar-refractivity contribution is 0.0879. The zero-order chi connectivity index (χ0) is 21.7. The van der Waals surface area contributed by atoms with Crippen molar-refractivity contribution in [2.24, 2.45) is 0 Å². The number of imide groups is 1. The first-order valence-electron chi connectivity index (χ1n) is 9.24. The zero-order valence-corrected chi connectivity index (χ0v) is 15.8. The van der Waals surface area contributed by atoms with Crippen molar-refractivity contribution in [1.82, 2.24) is 9.88 Å². The van der Waals surface area contributed by atoms with Gasteiger partial charge in [0.15, 0.2) is 5.76 Å². The van der Waals surface area contributed by atoms with Crippen LogP contribution in [-0.4, -0.2) is 22.3 Å². The molecule has 4 N–H and O–H groups in total. The number of anilines is 2. The normalized spacial score (nSPS) is 12.6. The smallest absolute Gasteiger partial charge is 0.291 e. The molecule has 0 saturated heterocycles. The monoisotopic (exact) mass is 414 g/mol. The predicted molar refractivity (Wildman–Crippen MR) is 112 cm³/mol. The molecule has 1 aliphatic heterocycles. The third-order valence-electron chi connectivity index (χ3n) is 4.96. The minimum atomic E-state index is -0.666. The Morgan fingerprint density at radius 3 is 2.58 bits per heavy atom. The fourth-order valence-electron chi connectivity index (χ4n) is 3.55. The summed E-state index contributed by atoms with van der Waals surface area (Å²) in [5, 5.41) is 5.63. The second-order valence-electron chi connectivity index (χ2n) is 6.93. The quantitative estimate of drug-likeness (QED) is 0.440. The summed E-state index contributed by atoms with van der Waals surface area (Å²) in [6, 6.07) is 16.3. The van der Waals surface area contributed by atoms with Crippen molar-refractivity contribution >= 4 is 40.2 Å². The number of nitrogens with zero attached hydrogens (tertiary/aromatic N) is 1. The van der Waals surface area contributed by atoms with Crippen LogP contribution in [0.1, 0.15) is 31.3 Å². The van der Waals surface area contributed by atoms with Crippen LogP contribution in [0.25, 0.3) is 16.7 Å². The molecule has 0 unspecified atom stereocenters. The Balaban J connectivity index is 1.51. The summed E-state index contributed by atoms with van der Waals surface area (Å²) >= 11 is 0. The van der Waals surface area contributed by atoms with Crippen molar-refractivity contribution < 1.29 is 18.8 Å². The van der Waals surface area contributed by atoms with E-state index >= 15 is 0 Å². The molecule has 4 aromatic rings. The van der Waals surface area contributed by atoms with Gasteiger partial charge in [-0.25, -0.2) is 0 Å². The van der Waals surface area contributed by atoms with Gasteiger partial charge in [-0.1, -0.05) is 24.3 Å². The van der Waals surface area contributed by atoms with Crippen LogP contribution in [0.3, 0.4) is 0 Å². The largest absolute Gasteiger partial charge is 0.451 e. The topological polar surface area (TPSA) is 136 Å². The molecule has 9 heteroatoms. The number of furan rings is 1. The molecule has 0 atom stereocenters. The van der Waals surface area contributed by atoms with E-state index in [0.29, 0.717) is 17.0 Å². The van der Waals surface area contributed by atoms with Gasteiger partial charge in [0.05, 0.1) is 16.8 Å². The molecule has 0 radical (unpaired) electrons. The fraction of sp³-hybridized carbons (Fsp3) is 0. The summed E-state index contributed by atoms with van der Waals surface area (Å²) < 4.78 is 6.67. The Bertz CT molecular complexity index is 1450. The average Bonchev–Trinajstić information content (AvgIpc) is 3.29. The molecule has 152 valence electrons. The number of nitrogens with two attached hydrogens (primary N) is 1. The second-order valence-corrected chi connectivity index (χ2v) is 6.93. The predicted octanol–water partition coefficient (Wildman–Crippen LogP) is 2.30. The van der Waals surface area contributed by atoms with Crippen molar-refractivity contribution in [1.29, 1.82) is 0 Å². The Morgan fingerprint density at radius 2 is 1.77 bits per heavy atom. The number of carbonyl (C=O) groups excluding carboxylic acids is 3. The molecular formula is C22H14N4O5. The number of nitrogens with one attached hydrogen (secondary N) is 2. The van der Waals surface area contributed by atoms with E-state index in [1.807, 2.05) is 18.2 Å². The second kappa shape index (κ2) is 6.70. The zero-order valence-electron chi connectivity index (χ0n) is 15.8. The van der Waals surface area contributed by atoms with Crippen LogP contribution in [0, 0.1) is 0 Å². The third kappa shape index (κ3) is 2.96. The molecule has 3 heterocycles. The molecule has 0 bridgehead atoms. The number of rotatable bonds is 3. The van der Waals surface area contributed by atoms with Gasteiger partial charge in [0.25, 0.3) is 23.3 Å². The molecule has 3 amide bonds. The fourth-order valence-corrected chi connectivity index (χ4v) is 3.55. The molecule has 0 saturated carbocycles. The van der Waals surface area contributed by atoms with Crippen LogP contribution >= 0.6 is 0 Å². The molecule has 0 spiro atoms. The van der Waals surface area contributed by atoms with Gasteiger partial charge in [-0.05, 0) is 30.3 Å². The first kappa shape index (κ1) is 18.4. The lowest BCUT2D eigenvalue weighted by Gasteiger charge is -2.13. The highest BCUT2D eigenvalue weighted by Gasteiger charge is 2.31. The van der Waals surface area contributed by atoms with Gasteiger partial charge in [-0.2, -0.15) is 0 Å². The maximum absolute atomic E-state index is 12.6.